The highest BCUT2D eigenvalue weighted by Gasteiger charge is 2.28. The Morgan fingerprint density at radius 1 is 1.19 bits per heavy atom. The van der Waals surface area contributed by atoms with E-state index in [0.29, 0.717) is 24.6 Å². The van der Waals surface area contributed by atoms with Gasteiger partial charge in [-0.05, 0) is 49.6 Å². The van der Waals surface area contributed by atoms with E-state index in [0.717, 1.165) is 41.8 Å². The molecule has 5 nitrogen and oxygen atoms in total. The number of anilines is 1. The Hall–Kier alpha value is -3.10. The second-order valence-corrected chi connectivity index (χ2v) is 7.09. The largest absolute Gasteiger partial charge is 0.399 e. The monoisotopic (exact) mass is 357 g/mol. The Kier molecular flexibility index (Phi) is 4.66. The SMILES string of the molecule is N#Cc1ccccc1Cn1nc(-c2cccc(N)c2)c2c1CCCC2CN. The van der Waals surface area contributed by atoms with Crippen LogP contribution in [0.25, 0.3) is 11.3 Å². The molecule has 0 saturated carbocycles. The lowest BCUT2D eigenvalue weighted by molar-refractivity contribution is 0.531. The molecular weight excluding hydrogens is 334 g/mol. The quantitative estimate of drug-likeness (QED) is 0.700. The zero-order valence-electron chi connectivity index (χ0n) is 15.2. The van der Waals surface area contributed by atoms with Gasteiger partial charge in [0, 0.05) is 28.4 Å². The average Bonchev–Trinajstić information content (AvgIpc) is 3.07. The highest BCUT2D eigenvalue weighted by atomic mass is 15.3. The van der Waals surface area contributed by atoms with E-state index in [1.54, 1.807) is 0 Å². The zero-order valence-corrected chi connectivity index (χ0v) is 15.2. The van der Waals surface area contributed by atoms with Crippen molar-refractivity contribution in [3.8, 4) is 17.3 Å². The third-order valence-corrected chi connectivity index (χ3v) is 5.38. The summed E-state index contributed by atoms with van der Waals surface area (Å²) in [6.45, 7) is 1.20. The molecule has 5 heteroatoms. The average molecular weight is 357 g/mol. The second kappa shape index (κ2) is 7.26. The summed E-state index contributed by atoms with van der Waals surface area (Å²) in [4.78, 5) is 0. The minimum absolute atomic E-state index is 0.310. The van der Waals surface area contributed by atoms with Gasteiger partial charge in [0.25, 0.3) is 0 Å². The highest BCUT2D eigenvalue weighted by molar-refractivity contribution is 5.69. The molecule has 0 radical (unpaired) electrons. The molecule has 27 heavy (non-hydrogen) atoms. The van der Waals surface area contributed by atoms with Crippen molar-refractivity contribution in [1.82, 2.24) is 9.78 Å². The number of nitrogen functional groups attached to an aromatic ring is 1. The van der Waals surface area contributed by atoms with Crippen LogP contribution in [0.1, 0.15) is 41.1 Å². The first kappa shape index (κ1) is 17.3. The summed E-state index contributed by atoms with van der Waals surface area (Å²) < 4.78 is 2.06. The number of hydrogen-bond acceptors (Lipinski definition) is 4. The number of benzene rings is 2. The molecule has 0 bridgehead atoms. The van der Waals surface area contributed by atoms with E-state index in [9.17, 15) is 5.26 Å². The van der Waals surface area contributed by atoms with Crippen molar-refractivity contribution in [2.24, 2.45) is 5.73 Å². The van der Waals surface area contributed by atoms with Crippen LogP contribution < -0.4 is 11.5 Å². The fourth-order valence-electron chi connectivity index (χ4n) is 4.06. The van der Waals surface area contributed by atoms with Crippen molar-refractivity contribution >= 4 is 5.69 Å². The molecule has 0 fully saturated rings. The molecule has 3 aromatic rings. The minimum atomic E-state index is 0.310. The number of nitrogens with two attached hydrogens (primary N) is 2. The molecule has 4 rings (SSSR count). The predicted molar refractivity (Wildman–Crippen MR) is 107 cm³/mol. The van der Waals surface area contributed by atoms with Gasteiger partial charge in [-0.15, -0.1) is 0 Å². The van der Waals surface area contributed by atoms with Gasteiger partial charge in [0.1, 0.15) is 0 Å². The topological polar surface area (TPSA) is 93.6 Å². The molecule has 136 valence electrons. The molecule has 1 heterocycles. The molecule has 1 atom stereocenters. The van der Waals surface area contributed by atoms with E-state index in [1.165, 1.54) is 11.3 Å². The number of nitrogens with zero attached hydrogens (tertiary/aromatic N) is 3. The van der Waals surface area contributed by atoms with Crippen LogP contribution >= 0.6 is 0 Å². The number of hydrogen-bond donors (Lipinski definition) is 2. The Balaban J connectivity index is 1.85. The second-order valence-electron chi connectivity index (χ2n) is 7.09. The van der Waals surface area contributed by atoms with E-state index in [-0.39, 0.29) is 0 Å². The summed E-state index contributed by atoms with van der Waals surface area (Å²) in [6, 6.07) is 17.9. The molecule has 0 saturated heterocycles. The molecule has 2 aromatic carbocycles. The molecule has 4 N–H and O–H groups in total. The van der Waals surface area contributed by atoms with Crippen molar-refractivity contribution in [2.75, 3.05) is 12.3 Å². The van der Waals surface area contributed by atoms with Crippen LogP contribution in [0.3, 0.4) is 0 Å². The summed E-state index contributed by atoms with van der Waals surface area (Å²) >= 11 is 0. The Morgan fingerprint density at radius 2 is 2.04 bits per heavy atom. The lowest BCUT2D eigenvalue weighted by Gasteiger charge is -2.23. The number of nitriles is 1. The molecule has 1 aliphatic carbocycles. The molecule has 0 spiro atoms. The third kappa shape index (κ3) is 3.20. The van der Waals surface area contributed by atoms with E-state index >= 15 is 0 Å². The highest BCUT2D eigenvalue weighted by Crippen LogP contribution is 2.38. The van der Waals surface area contributed by atoms with Gasteiger partial charge in [-0.3, -0.25) is 4.68 Å². The van der Waals surface area contributed by atoms with Gasteiger partial charge in [-0.2, -0.15) is 10.4 Å². The predicted octanol–water partition coefficient (Wildman–Crippen LogP) is 3.43. The normalized spacial score (nSPS) is 15.9. The maximum absolute atomic E-state index is 9.42. The van der Waals surface area contributed by atoms with Crippen LogP contribution in [0, 0.1) is 11.3 Å². The Labute approximate surface area is 159 Å². The summed E-state index contributed by atoms with van der Waals surface area (Å²) in [5.74, 6) is 0.310. The van der Waals surface area contributed by atoms with Crippen LogP contribution in [0.4, 0.5) is 5.69 Å². The van der Waals surface area contributed by atoms with Crippen molar-refractivity contribution < 1.29 is 0 Å². The van der Waals surface area contributed by atoms with Crippen molar-refractivity contribution in [2.45, 2.75) is 31.7 Å². The molecular formula is C22H23N5. The molecule has 1 unspecified atom stereocenters. The van der Waals surface area contributed by atoms with Crippen LogP contribution in [0.2, 0.25) is 0 Å². The van der Waals surface area contributed by atoms with Gasteiger partial charge in [-0.1, -0.05) is 30.3 Å². The first-order chi connectivity index (χ1) is 13.2. The summed E-state index contributed by atoms with van der Waals surface area (Å²) in [6.07, 6.45) is 3.17. The van der Waals surface area contributed by atoms with Gasteiger partial charge in [0.05, 0.1) is 23.9 Å². The standard InChI is InChI=1S/C22H23N5/c23-12-16-5-1-2-6-18(16)14-27-20-10-4-8-17(13-24)21(20)22(26-27)15-7-3-9-19(25)11-15/h1-3,5-7,9,11,17H,4,8,10,13-14,24-25H2. The van der Waals surface area contributed by atoms with Crippen LogP contribution in [0.5, 0.6) is 0 Å². The van der Waals surface area contributed by atoms with Crippen molar-refractivity contribution in [3.05, 3.63) is 70.9 Å². The fourth-order valence-corrected chi connectivity index (χ4v) is 4.06. The number of aromatic nitrogens is 2. The van der Waals surface area contributed by atoms with Crippen LogP contribution in [-0.2, 0) is 13.0 Å². The fraction of sp³-hybridized carbons (Fsp3) is 0.273. The van der Waals surface area contributed by atoms with Crippen molar-refractivity contribution in [1.29, 1.82) is 5.26 Å². The number of fused-ring (bicyclic) bond motifs is 1. The smallest absolute Gasteiger partial charge is 0.0995 e. The van der Waals surface area contributed by atoms with E-state index in [4.69, 9.17) is 16.6 Å². The summed E-state index contributed by atoms with van der Waals surface area (Å²) in [5, 5.41) is 14.4. The molecule has 1 aliphatic rings. The van der Waals surface area contributed by atoms with Gasteiger partial charge in [0.2, 0.25) is 0 Å². The summed E-state index contributed by atoms with van der Waals surface area (Å²) in [7, 11) is 0. The van der Waals surface area contributed by atoms with Crippen LogP contribution in [0.15, 0.2) is 48.5 Å². The van der Waals surface area contributed by atoms with Gasteiger partial charge in [-0.25, -0.2) is 0 Å². The van der Waals surface area contributed by atoms with Crippen molar-refractivity contribution in [3.63, 3.8) is 0 Å². The lowest BCUT2D eigenvalue weighted by Crippen LogP contribution is -2.19. The maximum atomic E-state index is 9.42. The first-order valence-electron chi connectivity index (χ1n) is 9.34. The molecule has 0 amide bonds. The molecule has 1 aromatic heterocycles. The van der Waals surface area contributed by atoms with E-state index in [2.05, 4.69) is 16.8 Å². The zero-order chi connectivity index (χ0) is 18.8. The Morgan fingerprint density at radius 3 is 2.81 bits per heavy atom. The minimum Gasteiger partial charge on any atom is -0.399 e. The van der Waals surface area contributed by atoms with Gasteiger partial charge >= 0.3 is 0 Å². The van der Waals surface area contributed by atoms with Crippen LogP contribution in [-0.4, -0.2) is 16.3 Å². The third-order valence-electron chi connectivity index (χ3n) is 5.38. The lowest BCUT2D eigenvalue weighted by atomic mass is 9.84. The van der Waals surface area contributed by atoms with Gasteiger partial charge < -0.3 is 11.5 Å². The van der Waals surface area contributed by atoms with Gasteiger partial charge in [0.15, 0.2) is 0 Å². The Bertz CT molecular complexity index is 1010. The van der Waals surface area contributed by atoms with E-state index < -0.39 is 0 Å². The maximum Gasteiger partial charge on any atom is 0.0995 e. The number of rotatable bonds is 4. The summed E-state index contributed by atoms with van der Waals surface area (Å²) in [5.41, 5.74) is 19.0. The molecule has 0 aliphatic heterocycles. The first-order valence-corrected chi connectivity index (χ1v) is 9.34. The van der Waals surface area contributed by atoms with E-state index in [1.807, 2.05) is 42.5 Å².